The minimum Gasteiger partial charge on any atom is -0.119 e. The molecule has 0 heterocycles. The summed E-state index contributed by atoms with van der Waals surface area (Å²) in [7, 11) is 0. The van der Waals surface area contributed by atoms with Crippen LogP contribution in [0.5, 0.6) is 0 Å². The number of alkyl halides is 2. The van der Waals surface area contributed by atoms with E-state index >= 15 is 0 Å². The number of halogens is 2. The van der Waals surface area contributed by atoms with Crippen molar-refractivity contribution in [3.05, 3.63) is 0 Å². The Hall–Kier alpha value is 1.02. The molecule has 0 nitrogen and oxygen atoms in total. The van der Waals surface area contributed by atoms with Gasteiger partial charge in [0.1, 0.15) is 0 Å². The average molecular weight is 218 g/mol. The molecule has 38 valence electrons. The van der Waals surface area contributed by atoms with Crippen molar-refractivity contribution in [1.29, 1.82) is 0 Å². The first kappa shape index (κ1) is 7.02. The van der Waals surface area contributed by atoms with Crippen LogP contribution in [-0.4, -0.2) is 9.30 Å². The van der Waals surface area contributed by atoms with Gasteiger partial charge >= 0.3 is 0 Å². The summed E-state index contributed by atoms with van der Waals surface area (Å²) in [5.74, 6) is 0. The molecule has 0 aliphatic rings. The second-order valence-corrected chi connectivity index (χ2v) is 3.64. The van der Waals surface area contributed by atoms with Gasteiger partial charge in [0.15, 0.2) is 0 Å². The second-order valence-electron chi connectivity index (χ2n) is 1.85. The van der Waals surface area contributed by atoms with Gasteiger partial charge in [0.2, 0.25) is 0 Å². The highest BCUT2D eigenvalue weighted by molar-refractivity contribution is 14.1. The largest absolute Gasteiger partial charge is 0.119 e. The summed E-state index contributed by atoms with van der Waals surface area (Å²) in [6.07, 6.45) is 0. The fourth-order valence-corrected chi connectivity index (χ4v) is 0. The minimum atomic E-state index is 0.000556. The molecule has 0 radical (unpaired) electrons. The van der Waals surface area contributed by atoms with E-state index in [1.807, 2.05) is 13.8 Å². The Kier molecular flexibility index (Phi) is 2.76. The zero-order chi connectivity index (χ0) is 5.21. The zero-order valence-electron chi connectivity index (χ0n) is 3.96. The van der Waals surface area contributed by atoms with Crippen molar-refractivity contribution in [1.82, 2.24) is 0 Å². The summed E-state index contributed by atoms with van der Waals surface area (Å²) >= 11 is 7.97. The zero-order valence-corrected chi connectivity index (χ0v) is 6.88. The summed E-state index contributed by atoms with van der Waals surface area (Å²) < 4.78 is 1.01. The third-order valence-corrected chi connectivity index (χ3v) is 2.81. The van der Waals surface area contributed by atoms with Crippen LogP contribution in [0.4, 0.5) is 0 Å². The molecule has 0 aromatic carbocycles. The van der Waals surface area contributed by atoms with Gasteiger partial charge in [0, 0.05) is 9.30 Å². The molecule has 0 N–H and O–H groups in total. The monoisotopic (exact) mass is 218 g/mol. The number of rotatable bonds is 1. The predicted octanol–water partition coefficient (Wildman–Crippen LogP) is 2.44. The Labute approximate surface area is 57.4 Å². The maximum absolute atomic E-state index is 5.71. The van der Waals surface area contributed by atoms with Gasteiger partial charge in [-0.05, 0) is 13.8 Å². The molecule has 0 atom stereocenters. The molecular formula is C4H8ClI. The quantitative estimate of drug-likeness (QED) is 0.468. The van der Waals surface area contributed by atoms with Crippen molar-refractivity contribution in [2.45, 2.75) is 18.7 Å². The van der Waals surface area contributed by atoms with Crippen molar-refractivity contribution in [3.8, 4) is 0 Å². The van der Waals surface area contributed by atoms with Crippen molar-refractivity contribution >= 4 is 34.2 Å². The Balaban J connectivity index is 3.17. The first-order chi connectivity index (χ1) is 2.56. The fraction of sp³-hybridized carbons (Fsp3) is 1.00. The van der Waals surface area contributed by atoms with Crippen molar-refractivity contribution in [2.75, 3.05) is 4.43 Å². The van der Waals surface area contributed by atoms with Gasteiger partial charge in [0.25, 0.3) is 0 Å². The lowest BCUT2D eigenvalue weighted by Crippen LogP contribution is -2.10. The van der Waals surface area contributed by atoms with Crippen LogP contribution in [0.3, 0.4) is 0 Å². The van der Waals surface area contributed by atoms with Gasteiger partial charge in [0.05, 0.1) is 0 Å². The lowest BCUT2D eigenvalue weighted by atomic mass is 10.3. The van der Waals surface area contributed by atoms with Crippen LogP contribution in [0.2, 0.25) is 0 Å². The van der Waals surface area contributed by atoms with Crippen LogP contribution in [0, 0.1) is 0 Å². The molecule has 0 bridgehead atoms. The van der Waals surface area contributed by atoms with Crippen LogP contribution in [0.1, 0.15) is 13.8 Å². The molecule has 0 amide bonds. The summed E-state index contributed by atoms with van der Waals surface area (Å²) in [5, 5.41) is 0. The Morgan fingerprint density at radius 3 is 1.83 bits per heavy atom. The molecule has 0 spiro atoms. The molecule has 2 heteroatoms. The first-order valence-corrected chi connectivity index (χ1v) is 3.71. The molecule has 0 saturated carbocycles. The molecule has 0 aromatic rings. The van der Waals surface area contributed by atoms with Crippen LogP contribution < -0.4 is 0 Å². The maximum atomic E-state index is 5.71. The SMILES string of the molecule is CC(C)(Cl)CI. The van der Waals surface area contributed by atoms with E-state index < -0.39 is 0 Å². The highest BCUT2D eigenvalue weighted by Crippen LogP contribution is 2.14. The Morgan fingerprint density at radius 2 is 1.83 bits per heavy atom. The van der Waals surface area contributed by atoms with Crippen molar-refractivity contribution in [3.63, 3.8) is 0 Å². The van der Waals surface area contributed by atoms with Crippen molar-refractivity contribution < 1.29 is 0 Å². The van der Waals surface area contributed by atoms with Gasteiger partial charge < -0.3 is 0 Å². The Morgan fingerprint density at radius 1 is 1.67 bits per heavy atom. The summed E-state index contributed by atoms with van der Waals surface area (Å²) in [6.45, 7) is 4.00. The topological polar surface area (TPSA) is 0 Å². The van der Waals surface area contributed by atoms with E-state index in [-0.39, 0.29) is 4.87 Å². The van der Waals surface area contributed by atoms with Crippen LogP contribution in [0.25, 0.3) is 0 Å². The lowest BCUT2D eigenvalue weighted by Gasteiger charge is -2.07. The van der Waals surface area contributed by atoms with E-state index in [0.29, 0.717) is 0 Å². The molecular weight excluding hydrogens is 210 g/mol. The van der Waals surface area contributed by atoms with Gasteiger partial charge in [-0.15, -0.1) is 11.6 Å². The van der Waals surface area contributed by atoms with E-state index in [4.69, 9.17) is 11.6 Å². The van der Waals surface area contributed by atoms with E-state index in [9.17, 15) is 0 Å². The Bertz CT molecular complexity index is 37.3. The third-order valence-electron chi connectivity index (χ3n) is 0.318. The van der Waals surface area contributed by atoms with Gasteiger partial charge in [-0.2, -0.15) is 0 Å². The predicted molar refractivity (Wildman–Crippen MR) is 38.8 cm³/mol. The van der Waals surface area contributed by atoms with Crippen LogP contribution in [-0.2, 0) is 0 Å². The third kappa shape index (κ3) is 5.02. The molecule has 0 rings (SSSR count). The summed E-state index contributed by atoms with van der Waals surface area (Å²) in [5.41, 5.74) is 0. The summed E-state index contributed by atoms with van der Waals surface area (Å²) in [6, 6.07) is 0. The van der Waals surface area contributed by atoms with Gasteiger partial charge in [-0.3, -0.25) is 0 Å². The van der Waals surface area contributed by atoms with Gasteiger partial charge in [-0.25, -0.2) is 0 Å². The molecule has 0 aliphatic heterocycles. The molecule has 6 heavy (non-hydrogen) atoms. The van der Waals surface area contributed by atoms with Gasteiger partial charge in [-0.1, -0.05) is 22.6 Å². The minimum absolute atomic E-state index is 0.000556. The van der Waals surface area contributed by atoms with E-state index in [0.717, 1.165) is 4.43 Å². The summed E-state index contributed by atoms with van der Waals surface area (Å²) in [4.78, 5) is 0.000556. The molecule has 0 aliphatic carbocycles. The molecule has 0 aromatic heterocycles. The molecule has 0 saturated heterocycles. The lowest BCUT2D eigenvalue weighted by molar-refractivity contribution is 0.814. The van der Waals surface area contributed by atoms with Crippen LogP contribution in [0.15, 0.2) is 0 Å². The van der Waals surface area contributed by atoms with E-state index in [1.54, 1.807) is 0 Å². The highest BCUT2D eigenvalue weighted by atomic mass is 127. The average Bonchev–Trinajstić information content (AvgIpc) is 1.35. The molecule has 0 unspecified atom stereocenters. The van der Waals surface area contributed by atoms with E-state index in [1.165, 1.54) is 0 Å². The second kappa shape index (κ2) is 2.36. The van der Waals surface area contributed by atoms with Crippen LogP contribution >= 0.6 is 34.2 Å². The van der Waals surface area contributed by atoms with Crippen molar-refractivity contribution in [2.24, 2.45) is 0 Å². The fourth-order valence-electron chi connectivity index (χ4n) is 0. The standard InChI is InChI=1S/C4H8ClI/c1-4(2,5)3-6/h3H2,1-2H3. The smallest absolute Gasteiger partial charge is 0.0479 e. The number of hydrogen-bond donors (Lipinski definition) is 0. The van der Waals surface area contributed by atoms with E-state index in [2.05, 4.69) is 22.6 Å². The normalized spacial score (nSPS) is 12.0. The maximum Gasteiger partial charge on any atom is 0.0479 e. The molecule has 0 fully saturated rings. The first-order valence-electron chi connectivity index (χ1n) is 1.81. The number of hydrogen-bond acceptors (Lipinski definition) is 0. The highest BCUT2D eigenvalue weighted by Gasteiger charge is 2.08.